The third-order valence-corrected chi connectivity index (χ3v) is 3.35. The number of benzene rings is 1. The fourth-order valence-electron chi connectivity index (χ4n) is 2.69. The molecule has 0 spiro atoms. The summed E-state index contributed by atoms with van der Waals surface area (Å²) >= 11 is 0. The van der Waals surface area contributed by atoms with E-state index in [4.69, 9.17) is 0 Å². The molecule has 0 aliphatic heterocycles. The van der Waals surface area contributed by atoms with Crippen LogP contribution in [0.1, 0.15) is 40.9 Å². The monoisotopic (exact) mass is 257 g/mol. The summed E-state index contributed by atoms with van der Waals surface area (Å²) in [5, 5.41) is 8.03. The zero-order chi connectivity index (χ0) is 14.0. The molecule has 0 saturated carbocycles. The topological polar surface area (TPSA) is 29.9 Å². The molecule has 0 aliphatic carbocycles. The van der Waals surface area contributed by atoms with E-state index in [2.05, 4.69) is 62.5 Å². The average Bonchev–Trinajstić information content (AvgIpc) is 2.64. The first kappa shape index (κ1) is 13.8. The Bertz CT molecular complexity index is 549. The lowest BCUT2D eigenvalue weighted by Gasteiger charge is -2.19. The third kappa shape index (κ3) is 3.04. The van der Waals surface area contributed by atoms with Crippen molar-refractivity contribution in [2.24, 2.45) is 7.05 Å². The maximum atomic E-state index is 4.46. The molecule has 0 saturated heterocycles. The lowest BCUT2D eigenvalue weighted by molar-refractivity contribution is 0.626. The van der Waals surface area contributed by atoms with Gasteiger partial charge in [-0.2, -0.15) is 5.10 Å². The minimum Gasteiger partial charge on any atom is -0.306 e. The molecule has 102 valence electrons. The van der Waals surface area contributed by atoms with Gasteiger partial charge < -0.3 is 5.32 Å². The molecule has 1 atom stereocenters. The van der Waals surface area contributed by atoms with E-state index in [0.717, 1.165) is 12.2 Å². The normalized spacial score (nSPS) is 12.7. The lowest BCUT2D eigenvalue weighted by Crippen LogP contribution is -2.22. The zero-order valence-electron chi connectivity index (χ0n) is 12.5. The number of nitrogens with one attached hydrogen (secondary N) is 1. The lowest BCUT2D eigenvalue weighted by atomic mass is 9.96. The second-order valence-electron chi connectivity index (χ2n) is 5.26. The van der Waals surface area contributed by atoms with Gasteiger partial charge in [-0.25, -0.2) is 0 Å². The molecule has 1 heterocycles. The van der Waals surface area contributed by atoms with Gasteiger partial charge in [-0.05, 0) is 32.9 Å². The Morgan fingerprint density at radius 2 is 1.79 bits per heavy atom. The van der Waals surface area contributed by atoms with E-state index in [1.807, 2.05) is 11.7 Å². The van der Waals surface area contributed by atoms with Gasteiger partial charge in [-0.15, -0.1) is 0 Å². The van der Waals surface area contributed by atoms with Crippen LogP contribution in [0, 0.1) is 20.8 Å². The zero-order valence-corrected chi connectivity index (χ0v) is 12.5. The molecule has 1 N–H and O–H groups in total. The van der Waals surface area contributed by atoms with Crippen molar-refractivity contribution in [3.8, 4) is 0 Å². The van der Waals surface area contributed by atoms with E-state index in [1.54, 1.807) is 0 Å². The first-order valence-corrected chi connectivity index (χ1v) is 6.83. The molecule has 1 unspecified atom stereocenters. The summed E-state index contributed by atoms with van der Waals surface area (Å²) in [5.74, 6) is 0. The van der Waals surface area contributed by atoms with Gasteiger partial charge in [0.15, 0.2) is 0 Å². The largest absolute Gasteiger partial charge is 0.306 e. The quantitative estimate of drug-likeness (QED) is 0.912. The van der Waals surface area contributed by atoms with Gasteiger partial charge in [0.25, 0.3) is 0 Å². The minimum atomic E-state index is 0.220. The second kappa shape index (κ2) is 5.57. The average molecular weight is 257 g/mol. The molecule has 0 radical (unpaired) electrons. The number of rotatable bonds is 4. The van der Waals surface area contributed by atoms with E-state index >= 15 is 0 Å². The fourth-order valence-corrected chi connectivity index (χ4v) is 2.69. The first-order valence-electron chi connectivity index (χ1n) is 6.83. The molecule has 1 aromatic heterocycles. The van der Waals surface area contributed by atoms with Crippen LogP contribution in [-0.4, -0.2) is 16.3 Å². The maximum absolute atomic E-state index is 4.46. The molecule has 3 heteroatoms. The van der Waals surface area contributed by atoms with E-state index in [1.165, 1.54) is 22.3 Å². The van der Waals surface area contributed by atoms with Crippen LogP contribution in [0.25, 0.3) is 0 Å². The van der Waals surface area contributed by atoms with Gasteiger partial charge in [-0.3, -0.25) is 4.68 Å². The molecule has 1 aromatic carbocycles. The van der Waals surface area contributed by atoms with Crippen LogP contribution in [0.15, 0.2) is 24.4 Å². The Labute approximate surface area is 115 Å². The van der Waals surface area contributed by atoms with Gasteiger partial charge in [0.2, 0.25) is 0 Å². The highest BCUT2D eigenvalue weighted by atomic mass is 15.3. The summed E-state index contributed by atoms with van der Waals surface area (Å²) in [4.78, 5) is 0. The van der Waals surface area contributed by atoms with Gasteiger partial charge in [0.1, 0.15) is 0 Å². The smallest absolute Gasteiger partial charge is 0.0644 e. The highest BCUT2D eigenvalue weighted by Crippen LogP contribution is 2.25. The molecule has 2 rings (SSSR count). The van der Waals surface area contributed by atoms with Crippen LogP contribution in [0.2, 0.25) is 0 Å². The van der Waals surface area contributed by atoms with Crippen LogP contribution >= 0.6 is 0 Å². The number of hydrogen-bond donors (Lipinski definition) is 1. The van der Waals surface area contributed by atoms with E-state index < -0.39 is 0 Å². The minimum absolute atomic E-state index is 0.220. The SMILES string of the molecule is CCNC(c1cc(C)cc(C)c1)c1cn(C)nc1C. The van der Waals surface area contributed by atoms with Crippen molar-refractivity contribution in [3.63, 3.8) is 0 Å². The third-order valence-electron chi connectivity index (χ3n) is 3.35. The summed E-state index contributed by atoms with van der Waals surface area (Å²) in [6, 6.07) is 6.94. The molecule has 3 nitrogen and oxygen atoms in total. The van der Waals surface area contributed by atoms with Gasteiger partial charge >= 0.3 is 0 Å². The molecule has 19 heavy (non-hydrogen) atoms. The van der Waals surface area contributed by atoms with Crippen LogP contribution < -0.4 is 5.32 Å². The van der Waals surface area contributed by atoms with E-state index in [-0.39, 0.29) is 6.04 Å². The molecule has 0 aliphatic rings. The van der Waals surface area contributed by atoms with E-state index in [0.29, 0.717) is 0 Å². The molecule has 0 fully saturated rings. The predicted molar refractivity (Wildman–Crippen MR) is 79.4 cm³/mol. The maximum Gasteiger partial charge on any atom is 0.0644 e. The van der Waals surface area contributed by atoms with Crippen LogP contribution in [0.5, 0.6) is 0 Å². The standard InChI is InChI=1S/C16H23N3/c1-6-17-16(15-10-19(5)18-13(15)4)14-8-11(2)7-12(3)9-14/h7-10,16-17H,6H2,1-5H3. The van der Waals surface area contributed by atoms with Crippen molar-refractivity contribution in [2.75, 3.05) is 6.54 Å². The summed E-state index contributed by atoms with van der Waals surface area (Å²) in [5.41, 5.74) is 6.27. The van der Waals surface area contributed by atoms with Crippen molar-refractivity contribution < 1.29 is 0 Å². The predicted octanol–water partition coefficient (Wildman–Crippen LogP) is 3.04. The van der Waals surface area contributed by atoms with Gasteiger partial charge in [-0.1, -0.05) is 36.2 Å². The second-order valence-corrected chi connectivity index (χ2v) is 5.26. The molecular weight excluding hydrogens is 234 g/mol. The first-order chi connectivity index (χ1) is 9.01. The summed E-state index contributed by atoms with van der Waals surface area (Å²) in [7, 11) is 1.97. The molecule has 2 aromatic rings. The summed E-state index contributed by atoms with van der Waals surface area (Å²) in [6.07, 6.45) is 2.11. The molecule has 0 bridgehead atoms. The summed E-state index contributed by atoms with van der Waals surface area (Å²) < 4.78 is 1.89. The van der Waals surface area contributed by atoms with Crippen molar-refractivity contribution in [1.82, 2.24) is 15.1 Å². The van der Waals surface area contributed by atoms with Crippen molar-refractivity contribution in [3.05, 3.63) is 52.3 Å². The Hall–Kier alpha value is -1.61. The van der Waals surface area contributed by atoms with Crippen molar-refractivity contribution in [2.45, 2.75) is 33.7 Å². The Morgan fingerprint density at radius 3 is 2.26 bits per heavy atom. The van der Waals surface area contributed by atoms with Crippen LogP contribution in [0.4, 0.5) is 0 Å². The Balaban J connectivity index is 2.47. The van der Waals surface area contributed by atoms with E-state index in [9.17, 15) is 0 Å². The van der Waals surface area contributed by atoms with Crippen LogP contribution in [-0.2, 0) is 7.05 Å². The number of hydrogen-bond acceptors (Lipinski definition) is 2. The molecule has 0 amide bonds. The molecular formula is C16H23N3. The van der Waals surface area contributed by atoms with Crippen LogP contribution in [0.3, 0.4) is 0 Å². The number of nitrogens with zero attached hydrogens (tertiary/aromatic N) is 2. The highest BCUT2D eigenvalue weighted by molar-refractivity contribution is 5.37. The Kier molecular flexibility index (Phi) is 4.05. The van der Waals surface area contributed by atoms with Crippen molar-refractivity contribution in [1.29, 1.82) is 0 Å². The highest BCUT2D eigenvalue weighted by Gasteiger charge is 2.18. The number of aromatic nitrogens is 2. The van der Waals surface area contributed by atoms with Gasteiger partial charge in [0.05, 0.1) is 11.7 Å². The van der Waals surface area contributed by atoms with Crippen molar-refractivity contribution >= 4 is 0 Å². The fraction of sp³-hybridized carbons (Fsp3) is 0.438. The summed E-state index contributed by atoms with van der Waals surface area (Å²) in [6.45, 7) is 9.45. The Morgan fingerprint density at radius 1 is 1.16 bits per heavy atom. The van der Waals surface area contributed by atoms with Gasteiger partial charge in [0, 0.05) is 18.8 Å². The number of aryl methyl sites for hydroxylation is 4.